The molecule has 1 unspecified atom stereocenters. The predicted octanol–water partition coefficient (Wildman–Crippen LogP) is 1.58. The molecule has 2 nitrogen and oxygen atoms in total. The average Bonchev–Trinajstić information content (AvgIpc) is 2.15. The van der Waals surface area contributed by atoms with Gasteiger partial charge in [-0.15, -0.1) is 0 Å². The quantitative estimate of drug-likeness (QED) is 0.666. The number of thioether (sulfide) groups is 1. The lowest BCUT2D eigenvalue weighted by Crippen LogP contribution is -2.36. The molecule has 68 valence electrons. The normalized spacial score (nSPS) is 25.2. The summed E-state index contributed by atoms with van der Waals surface area (Å²) in [5.41, 5.74) is 0. The zero-order valence-electron chi connectivity index (χ0n) is 7.62. The Balaban J connectivity index is 2.22. The maximum absolute atomic E-state index is 8.75. The number of piperidine rings is 1. The summed E-state index contributed by atoms with van der Waals surface area (Å²) >= 11 is 1.88. The maximum Gasteiger partial charge on any atom is 0.0669 e. The molecule has 0 amide bonds. The SMILES string of the molecule is CSCCN1CCCC(C#N)C1. The van der Waals surface area contributed by atoms with Gasteiger partial charge in [0, 0.05) is 18.8 Å². The minimum absolute atomic E-state index is 0.292. The van der Waals surface area contributed by atoms with Crippen LogP contribution in [0.4, 0.5) is 0 Å². The van der Waals surface area contributed by atoms with Gasteiger partial charge in [0.15, 0.2) is 0 Å². The summed E-state index contributed by atoms with van der Waals surface area (Å²) in [4.78, 5) is 2.41. The molecule has 0 aromatic rings. The number of hydrogen-bond donors (Lipinski definition) is 0. The van der Waals surface area contributed by atoms with Crippen molar-refractivity contribution in [2.24, 2.45) is 5.92 Å². The highest BCUT2D eigenvalue weighted by molar-refractivity contribution is 7.98. The molecule has 1 aliphatic heterocycles. The van der Waals surface area contributed by atoms with Crippen molar-refractivity contribution in [3.63, 3.8) is 0 Å². The first-order valence-corrected chi connectivity index (χ1v) is 5.87. The smallest absolute Gasteiger partial charge is 0.0669 e. The largest absolute Gasteiger partial charge is 0.301 e. The Morgan fingerprint density at radius 1 is 1.67 bits per heavy atom. The summed E-state index contributed by atoms with van der Waals surface area (Å²) in [6.45, 7) is 3.34. The van der Waals surface area contributed by atoms with Crippen molar-refractivity contribution in [2.75, 3.05) is 31.6 Å². The Hall–Kier alpha value is -0.200. The Kier molecular flexibility index (Phi) is 4.49. The molecule has 1 heterocycles. The second-order valence-electron chi connectivity index (χ2n) is 3.26. The molecular formula is C9H16N2S. The number of hydrogen-bond acceptors (Lipinski definition) is 3. The van der Waals surface area contributed by atoms with Crippen molar-refractivity contribution >= 4 is 11.8 Å². The van der Waals surface area contributed by atoms with Crippen LogP contribution in [0.5, 0.6) is 0 Å². The minimum Gasteiger partial charge on any atom is -0.301 e. The third kappa shape index (κ3) is 3.04. The van der Waals surface area contributed by atoms with Crippen LogP contribution in [-0.2, 0) is 0 Å². The van der Waals surface area contributed by atoms with E-state index in [0.717, 1.165) is 19.5 Å². The van der Waals surface area contributed by atoms with E-state index < -0.39 is 0 Å². The maximum atomic E-state index is 8.75. The van der Waals surface area contributed by atoms with Crippen molar-refractivity contribution in [3.8, 4) is 6.07 Å². The first-order chi connectivity index (χ1) is 5.86. The van der Waals surface area contributed by atoms with Crippen LogP contribution in [0, 0.1) is 17.2 Å². The van der Waals surface area contributed by atoms with Crippen molar-refractivity contribution in [2.45, 2.75) is 12.8 Å². The van der Waals surface area contributed by atoms with Gasteiger partial charge in [0.05, 0.1) is 12.0 Å². The van der Waals surface area contributed by atoms with Crippen LogP contribution in [0.15, 0.2) is 0 Å². The molecule has 1 fully saturated rings. The Labute approximate surface area is 78.9 Å². The molecule has 12 heavy (non-hydrogen) atoms. The zero-order valence-corrected chi connectivity index (χ0v) is 8.44. The van der Waals surface area contributed by atoms with Crippen molar-refractivity contribution < 1.29 is 0 Å². The third-order valence-corrected chi connectivity index (χ3v) is 2.89. The van der Waals surface area contributed by atoms with Crippen LogP contribution < -0.4 is 0 Å². The van der Waals surface area contributed by atoms with Crippen LogP contribution in [0.3, 0.4) is 0 Å². The van der Waals surface area contributed by atoms with Crippen LogP contribution >= 0.6 is 11.8 Å². The number of nitriles is 1. The van der Waals surface area contributed by atoms with Gasteiger partial charge in [-0.2, -0.15) is 17.0 Å². The van der Waals surface area contributed by atoms with Gasteiger partial charge in [0.25, 0.3) is 0 Å². The molecule has 1 aliphatic rings. The van der Waals surface area contributed by atoms with E-state index in [1.54, 1.807) is 0 Å². The fourth-order valence-electron chi connectivity index (χ4n) is 1.58. The second kappa shape index (κ2) is 5.45. The van der Waals surface area contributed by atoms with Gasteiger partial charge in [0.2, 0.25) is 0 Å². The van der Waals surface area contributed by atoms with E-state index in [2.05, 4.69) is 17.2 Å². The third-order valence-electron chi connectivity index (χ3n) is 2.30. The Bertz CT molecular complexity index is 164. The van der Waals surface area contributed by atoms with E-state index in [1.165, 1.54) is 18.7 Å². The molecule has 0 spiro atoms. The highest BCUT2D eigenvalue weighted by atomic mass is 32.2. The number of rotatable bonds is 3. The number of nitrogens with zero attached hydrogens (tertiary/aromatic N) is 2. The predicted molar refractivity (Wildman–Crippen MR) is 53.2 cm³/mol. The summed E-state index contributed by atoms with van der Waals surface area (Å²) in [5, 5.41) is 8.75. The van der Waals surface area contributed by atoms with E-state index in [0.29, 0.717) is 5.92 Å². The molecule has 1 saturated heterocycles. The van der Waals surface area contributed by atoms with Crippen LogP contribution in [0.1, 0.15) is 12.8 Å². The van der Waals surface area contributed by atoms with Gasteiger partial charge in [-0.05, 0) is 25.6 Å². The van der Waals surface area contributed by atoms with Crippen molar-refractivity contribution in [3.05, 3.63) is 0 Å². The summed E-state index contributed by atoms with van der Waals surface area (Å²) in [6, 6.07) is 2.36. The molecule has 0 N–H and O–H groups in total. The molecular weight excluding hydrogens is 168 g/mol. The zero-order chi connectivity index (χ0) is 8.81. The fraction of sp³-hybridized carbons (Fsp3) is 0.889. The molecule has 1 atom stereocenters. The molecule has 3 heteroatoms. The lowest BCUT2D eigenvalue weighted by molar-refractivity contribution is 0.211. The lowest BCUT2D eigenvalue weighted by atomic mass is 10.00. The molecule has 0 aromatic heterocycles. The fourth-order valence-corrected chi connectivity index (χ4v) is 2.03. The van der Waals surface area contributed by atoms with E-state index in [4.69, 9.17) is 5.26 Å². The first-order valence-electron chi connectivity index (χ1n) is 4.47. The lowest BCUT2D eigenvalue weighted by Gasteiger charge is -2.28. The Morgan fingerprint density at radius 2 is 2.50 bits per heavy atom. The summed E-state index contributed by atoms with van der Waals surface area (Å²) < 4.78 is 0. The topological polar surface area (TPSA) is 27.0 Å². The molecule has 1 rings (SSSR count). The first kappa shape index (κ1) is 9.88. The summed E-state index contributed by atoms with van der Waals surface area (Å²) in [6.07, 6.45) is 4.44. The molecule has 0 radical (unpaired) electrons. The molecule has 0 saturated carbocycles. The number of likely N-dealkylation sites (tertiary alicyclic amines) is 1. The van der Waals surface area contributed by atoms with E-state index in [9.17, 15) is 0 Å². The van der Waals surface area contributed by atoms with Gasteiger partial charge in [-0.3, -0.25) is 0 Å². The van der Waals surface area contributed by atoms with Crippen LogP contribution in [0.25, 0.3) is 0 Å². The van der Waals surface area contributed by atoms with Crippen LogP contribution in [0.2, 0.25) is 0 Å². The van der Waals surface area contributed by atoms with Gasteiger partial charge >= 0.3 is 0 Å². The highest BCUT2D eigenvalue weighted by Crippen LogP contribution is 2.15. The van der Waals surface area contributed by atoms with E-state index >= 15 is 0 Å². The summed E-state index contributed by atoms with van der Waals surface area (Å²) in [7, 11) is 0. The molecule has 0 bridgehead atoms. The average molecular weight is 184 g/mol. The van der Waals surface area contributed by atoms with Crippen molar-refractivity contribution in [1.29, 1.82) is 5.26 Å². The van der Waals surface area contributed by atoms with E-state index in [-0.39, 0.29) is 0 Å². The van der Waals surface area contributed by atoms with Gasteiger partial charge in [-0.25, -0.2) is 0 Å². The second-order valence-corrected chi connectivity index (χ2v) is 4.25. The van der Waals surface area contributed by atoms with Gasteiger partial charge < -0.3 is 4.90 Å². The van der Waals surface area contributed by atoms with Crippen LogP contribution in [-0.4, -0.2) is 36.5 Å². The Morgan fingerprint density at radius 3 is 3.17 bits per heavy atom. The van der Waals surface area contributed by atoms with Gasteiger partial charge in [-0.1, -0.05) is 0 Å². The highest BCUT2D eigenvalue weighted by Gasteiger charge is 2.18. The van der Waals surface area contributed by atoms with Gasteiger partial charge in [0.1, 0.15) is 0 Å². The standard InChI is InChI=1S/C9H16N2S/c1-12-6-5-11-4-2-3-9(7-10)8-11/h9H,2-6,8H2,1H3. The molecule has 0 aliphatic carbocycles. The molecule has 0 aromatic carbocycles. The summed E-state index contributed by atoms with van der Waals surface area (Å²) in [5.74, 6) is 1.48. The van der Waals surface area contributed by atoms with Crippen molar-refractivity contribution in [1.82, 2.24) is 4.90 Å². The monoisotopic (exact) mass is 184 g/mol. The minimum atomic E-state index is 0.292. The van der Waals surface area contributed by atoms with E-state index in [1.807, 2.05) is 11.8 Å².